The molecule has 3 aromatic carbocycles. The minimum Gasteiger partial charge on any atom is -0.494 e. The maximum atomic E-state index is 13.8. The molecule has 0 saturated heterocycles. The highest BCUT2D eigenvalue weighted by atomic mass is 32.2. The van der Waals surface area contributed by atoms with E-state index in [4.69, 9.17) is 4.74 Å². The first-order valence-electron chi connectivity index (χ1n) is 12.8. The summed E-state index contributed by atoms with van der Waals surface area (Å²) in [7, 11) is -4.34. The summed E-state index contributed by atoms with van der Waals surface area (Å²) >= 11 is 0. The van der Waals surface area contributed by atoms with Crippen molar-refractivity contribution in [2.45, 2.75) is 51.2 Å². The molecule has 1 atom stereocenters. The Balaban J connectivity index is 2.02. The van der Waals surface area contributed by atoms with Crippen LogP contribution in [-0.2, 0) is 26.2 Å². The fourth-order valence-electron chi connectivity index (χ4n) is 3.91. The Bertz CT molecular complexity index is 1400. The van der Waals surface area contributed by atoms with Gasteiger partial charge in [0.05, 0.1) is 17.2 Å². The molecule has 0 aliphatic carbocycles. The second kappa shape index (κ2) is 13.4. The van der Waals surface area contributed by atoms with Gasteiger partial charge in [0.25, 0.3) is 10.0 Å². The van der Waals surface area contributed by atoms with Crippen molar-refractivity contribution >= 4 is 27.5 Å². The summed E-state index contributed by atoms with van der Waals surface area (Å²) < 4.78 is 60.9. The minimum absolute atomic E-state index is 0.0699. The molecule has 214 valence electrons. The summed E-state index contributed by atoms with van der Waals surface area (Å²) in [4.78, 5) is 27.7. The molecule has 0 aliphatic heterocycles. The van der Waals surface area contributed by atoms with Crippen LogP contribution in [0.2, 0.25) is 0 Å². The molecule has 0 aliphatic rings. The van der Waals surface area contributed by atoms with Crippen LogP contribution in [0.15, 0.2) is 77.7 Å². The van der Waals surface area contributed by atoms with Gasteiger partial charge in [-0.2, -0.15) is 0 Å². The summed E-state index contributed by atoms with van der Waals surface area (Å²) in [5.41, 5.74) is 0.718. The molecular weight excluding hydrogens is 540 g/mol. The van der Waals surface area contributed by atoms with Crippen LogP contribution in [-0.4, -0.2) is 50.4 Å². The average molecular weight is 574 g/mol. The molecule has 0 bridgehead atoms. The van der Waals surface area contributed by atoms with E-state index in [-0.39, 0.29) is 23.2 Å². The fraction of sp³-hybridized carbons (Fsp3) is 0.310. The number of hydrogen-bond donors (Lipinski definition) is 1. The van der Waals surface area contributed by atoms with Crippen LogP contribution >= 0.6 is 0 Å². The molecule has 8 nitrogen and oxygen atoms in total. The molecular formula is C29H33F2N3O5S. The lowest BCUT2D eigenvalue weighted by molar-refractivity contribution is -0.139. The number of nitrogens with zero attached hydrogens (tertiary/aromatic N) is 2. The molecule has 2 amide bonds. The Morgan fingerprint density at radius 1 is 0.875 bits per heavy atom. The molecule has 3 aromatic rings. The molecule has 40 heavy (non-hydrogen) atoms. The molecule has 0 spiro atoms. The quantitative estimate of drug-likeness (QED) is 0.344. The third kappa shape index (κ3) is 7.78. The van der Waals surface area contributed by atoms with Crippen molar-refractivity contribution in [2.24, 2.45) is 0 Å². The number of carbonyl (C=O) groups is 2. The number of rotatable bonds is 12. The maximum absolute atomic E-state index is 13.8. The molecule has 0 saturated carbocycles. The summed E-state index contributed by atoms with van der Waals surface area (Å²) in [6.45, 7) is 6.58. The molecule has 0 aromatic heterocycles. The van der Waals surface area contributed by atoms with E-state index >= 15 is 0 Å². The van der Waals surface area contributed by atoms with Gasteiger partial charge in [0.1, 0.15) is 30.0 Å². The molecule has 11 heteroatoms. The van der Waals surface area contributed by atoms with E-state index < -0.39 is 46.1 Å². The van der Waals surface area contributed by atoms with Gasteiger partial charge in [-0.3, -0.25) is 13.9 Å². The van der Waals surface area contributed by atoms with Crippen LogP contribution in [0.25, 0.3) is 0 Å². The maximum Gasteiger partial charge on any atom is 0.264 e. The number of nitrogens with one attached hydrogen (secondary N) is 1. The standard InChI is InChI=1S/C29H33F2N3O5S/c1-5-39-26-14-12-25(13-15-26)34(40(37,38)27-16-10-24(31)11-17-27)19-28(35)33(21(4)29(36)32-20(2)3)18-22-6-8-23(30)9-7-22/h6-17,20-21H,5,18-19H2,1-4H3,(H,32,36). The second-order valence-corrected chi connectivity index (χ2v) is 11.2. The van der Waals surface area contributed by atoms with Gasteiger partial charge < -0.3 is 15.0 Å². The Morgan fingerprint density at radius 3 is 1.95 bits per heavy atom. The zero-order valence-electron chi connectivity index (χ0n) is 22.8. The van der Waals surface area contributed by atoms with Gasteiger partial charge in [0.15, 0.2) is 0 Å². The van der Waals surface area contributed by atoms with E-state index in [1.165, 1.54) is 48.2 Å². The van der Waals surface area contributed by atoms with E-state index in [0.717, 1.165) is 28.6 Å². The van der Waals surface area contributed by atoms with Gasteiger partial charge in [-0.25, -0.2) is 17.2 Å². The van der Waals surface area contributed by atoms with Crippen molar-refractivity contribution in [1.82, 2.24) is 10.2 Å². The average Bonchev–Trinajstić information content (AvgIpc) is 2.91. The number of benzene rings is 3. The van der Waals surface area contributed by atoms with E-state index in [2.05, 4.69) is 5.32 Å². The summed E-state index contributed by atoms with van der Waals surface area (Å²) in [5, 5.41) is 2.76. The minimum atomic E-state index is -4.34. The lowest BCUT2D eigenvalue weighted by Gasteiger charge is -2.32. The highest BCUT2D eigenvalue weighted by Gasteiger charge is 2.32. The van der Waals surface area contributed by atoms with Crippen molar-refractivity contribution in [3.05, 3.63) is 90.0 Å². The third-order valence-corrected chi connectivity index (χ3v) is 7.77. The number of sulfonamides is 1. The van der Waals surface area contributed by atoms with Gasteiger partial charge in [-0.05, 0) is 93.9 Å². The fourth-order valence-corrected chi connectivity index (χ4v) is 5.33. The first kappa shape index (κ1) is 30.6. The molecule has 1 N–H and O–H groups in total. The van der Waals surface area contributed by atoms with E-state index in [9.17, 15) is 26.8 Å². The molecule has 0 radical (unpaired) electrons. The van der Waals surface area contributed by atoms with Gasteiger partial charge in [-0.1, -0.05) is 12.1 Å². The molecule has 1 unspecified atom stereocenters. The summed E-state index contributed by atoms with van der Waals surface area (Å²) in [6.07, 6.45) is 0. The largest absolute Gasteiger partial charge is 0.494 e. The Hall–Kier alpha value is -3.99. The molecule has 3 rings (SSSR count). The molecule has 0 heterocycles. The lowest BCUT2D eigenvalue weighted by atomic mass is 10.1. The summed E-state index contributed by atoms with van der Waals surface area (Å²) in [6, 6.07) is 14.7. The third-order valence-electron chi connectivity index (χ3n) is 5.98. The Labute approximate surface area is 233 Å². The van der Waals surface area contributed by atoms with Crippen molar-refractivity contribution in [1.29, 1.82) is 0 Å². The zero-order valence-corrected chi connectivity index (χ0v) is 23.6. The number of hydrogen-bond acceptors (Lipinski definition) is 5. The molecule has 0 fully saturated rings. The van der Waals surface area contributed by atoms with E-state index in [0.29, 0.717) is 17.9 Å². The topological polar surface area (TPSA) is 96.0 Å². The van der Waals surface area contributed by atoms with Crippen molar-refractivity contribution in [3.63, 3.8) is 0 Å². The van der Waals surface area contributed by atoms with E-state index in [1.807, 2.05) is 6.92 Å². The first-order chi connectivity index (χ1) is 18.9. The van der Waals surface area contributed by atoms with Crippen LogP contribution in [0, 0.1) is 11.6 Å². The van der Waals surface area contributed by atoms with E-state index in [1.54, 1.807) is 26.0 Å². The van der Waals surface area contributed by atoms with Crippen LogP contribution in [0.1, 0.15) is 33.3 Å². The number of carbonyl (C=O) groups excluding carboxylic acids is 2. The van der Waals surface area contributed by atoms with Crippen molar-refractivity contribution < 1.29 is 31.5 Å². The van der Waals surface area contributed by atoms with Crippen LogP contribution < -0.4 is 14.4 Å². The monoisotopic (exact) mass is 573 g/mol. The normalized spacial score (nSPS) is 12.1. The first-order valence-corrected chi connectivity index (χ1v) is 14.2. The summed E-state index contributed by atoms with van der Waals surface area (Å²) in [5.74, 6) is -1.67. The van der Waals surface area contributed by atoms with Crippen LogP contribution in [0.4, 0.5) is 14.5 Å². The predicted octanol–water partition coefficient (Wildman–Crippen LogP) is 4.50. The second-order valence-electron chi connectivity index (χ2n) is 9.38. The predicted molar refractivity (Wildman–Crippen MR) is 148 cm³/mol. The number of halogens is 2. The number of ether oxygens (including phenoxy) is 1. The highest BCUT2D eigenvalue weighted by molar-refractivity contribution is 7.92. The zero-order chi connectivity index (χ0) is 29.4. The van der Waals surface area contributed by atoms with Crippen LogP contribution in [0.5, 0.6) is 5.75 Å². The SMILES string of the molecule is CCOc1ccc(N(CC(=O)N(Cc2ccc(F)cc2)C(C)C(=O)NC(C)C)S(=O)(=O)c2ccc(F)cc2)cc1. The van der Waals surface area contributed by atoms with Crippen LogP contribution in [0.3, 0.4) is 0 Å². The number of anilines is 1. The number of amides is 2. The van der Waals surface area contributed by atoms with Crippen molar-refractivity contribution in [3.8, 4) is 5.75 Å². The van der Waals surface area contributed by atoms with Gasteiger partial charge in [-0.15, -0.1) is 0 Å². The highest BCUT2D eigenvalue weighted by Crippen LogP contribution is 2.27. The lowest BCUT2D eigenvalue weighted by Crippen LogP contribution is -2.52. The smallest absolute Gasteiger partial charge is 0.264 e. The Kier molecular flexibility index (Phi) is 10.2. The van der Waals surface area contributed by atoms with Gasteiger partial charge in [0.2, 0.25) is 11.8 Å². The van der Waals surface area contributed by atoms with Crippen molar-refractivity contribution in [2.75, 3.05) is 17.5 Å². The Morgan fingerprint density at radius 2 is 1.43 bits per heavy atom. The van der Waals surface area contributed by atoms with Gasteiger partial charge in [0, 0.05) is 12.6 Å². The van der Waals surface area contributed by atoms with Gasteiger partial charge >= 0.3 is 0 Å².